The van der Waals surface area contributed by atoms with Crippen LogP contribution in [-0.2, 0) is 4.79 Å². The van der Waals surface area contributed by atoms with E-state index in [2.05, 4.69) is 11.2 Å². The highest BCUT2D eigenvalue weighted by atomic mass is 16.2. The van der Waals surface area contributed by atoms with Gasteiger partial charge in [0.25, 0.3) is 0 Å². The molecule has 0 heterocycles. The Kier molecular flexibility index (Phi) is 6.12. The molecule has 0 fully saturated rings. The molecule has 0 aliphatic carbocycles. The van der Waals surface area contributed by atoms with E-state index in [1.807, 2.05) is 0 Å². The Morgan fingerprint density at radius 1 is 1.58 bits per heavy atom. The molecule has 0 rings (SSSR count). The quantitative estimate of drug-likeness (QED) is 0.465. The van der Waals surface area contributed by atoms with E-state index in [-0.39, 0.29) is 5.91 Å². The number of likely N-dealkylation sites (N-methyl/N-ethyl adjacent to an activating group) is 1. The molecular weight excluding hydrogens is 152 g/mol. The van der Waals surface area contributed by atoms with Crippen LogP contribution in [0.2, 0.25) is 0 Å². The maximum atomic E-state index is 11.0. The van der Waals surface area contributed by atoms with Crippen LogP contribution >= 0.6 is 0 Å². The predicted molar refractivity (Wildman–Crippen MR) is 49.6 cm³/mol. The third kappa shape index (κ3) is 5.75. The lowest BCUT2D eigenvalue weighted by Crippen LogP contribution is -2.33. The van der Waals surface area contributed by atoms with Gasteiger partial charge >= 0.3 is 0 Å². The Morgan fingerprint density at radius 2 is 2.25 bits per heavy atom. The van der Waals surface area contributed by atoms with E-state index in [0.29, 0.717) is 6.54 Å². The van der Waals surface area contributed by atoms with Gasteiger partial charge in [0.05, 0.1) is 6.54 Å². The van der Waals surface area contributed by atoms with Crippen LogP contribution in [0.1, 0.15) is 12.8 Å². The Labute approximate surface area is 74.1 Å². The summed E-state index contributed by atoms with van der Waals surface area (Å²) in [4.78, 5) is 12.6. The number of terminal acetylenes is 1. The average Bonchev–Trinajstić information content (AvgIpc) is 2.03. The molecule has 0 aromatic heterocycles. The van der Waals surface area contributed by atoms with Crippen LogP contribution in [0, 0.1) is 12.3 Å². The van der Waals surface area contributed by atoms with E-state index in [9.17, 15) is 4.79 Å². The van der Waals surface area contributed by atoms with Crippen molar-refractivity contribution in [1.29, 1.82) is 0 Å². The van der Waals surface area contributed by atoms with E-state index >= 15 is 0 Å². The maximum Gasteiger partial charge on any atom is 0.236 e. The number of unbranched alkanes of at least 4 members (excludes halogenated alkanes) is 1. The second kappa shape index (κ2) is 6.68. The fourth-order valence-electron chi connectivity index (χ4n) is 0.669. The van der Waals surface area contributed by atoms with Crippen LogP contribution in [-0.4, -0.2) is 38.0 Å². The molecule has 1 amide bonds. The molecule has 0 aromatic rings. The van der Waals surface area contributed by atoms with Gasteiger partial charge in [-0.1, -0.05) is 0 Å². The minimum Gasteiger partial charge on any atom is -0.348 e. The van der Waals surface area contributed by atoms with Crippen molar-refractivity contribution in [1.82, 2.24) is 10.2 Å². The third-order valence-electron chi connectivity index (χ3n) is 1.45. The zero-order valence-corrected chi connectivity index (χ0v) is 7.76. The molecule has 68 valence electrons. The van der Waals surface area contributed by atoms with Crippen molar-refractivity contribution in [2.75, 3.05) is 27.2 Å². The molecule has 1 N–H and O–H groups in total. The minimum atomic E-state index is 0.0932. The van der Waals surface area contributed by atoms with Crippen LogP contribution in [0.25, 0.3) is 0 Å². The van der Waals surface area contributed by atoms with Gasteiger partial charge in [0.15, 0.2) is 0 Å². The number of rotatable bonds is 5. The van der Waals surface area contributed by atoms with E-state index in [4.69, 9.17) is 6.42 Å². The van der Waals surface area contributed by atoms with Crippen molar-refractivity contribution in [3.8, 4) is 12.3 Å². The number of nitrogens with zero attached hydrogens (tertiary/aromatic N) is 1. The summed E-state index contributed by atoms with van der Waals surface area (Å²) in [7, 11) is 3.48. The van der Waals surface area contributed by atoms with Crippen molar-refractivity contribution >= 4 is 5.91 Å². The van der Waals surface area contributed by atoms with E-state index in [1.165, 1.54) is 0 Å². The molecule has 3 heteroatoms. The first-order valence-electron chi connectivity index (χ1n) is 4.03. The van der Waals surface area contributed by atoms with E-state index < -0.39 is 0 Å². The van der Waals surface area contributed by atoms with Crippen LogP contribution in [0.3, 0.4) is 0 Å². The molecule has 0 unspecified atom stereocenters. The molecule has 0 aliphatic rings. The number of amides is 1. The van der Waals surface area contributed by atoms with Gasteiger partial charge in [-0.3, -0.25) is 4.79 Å². The van der Waals surface area contributed by atoms with E-state index in [0.717, 1.165) is 19.4 Å². The smallest absolute Gasteiger partial charge is 0.236 e. The van der Waals surface area contributed by atoms with Gasteiger partial charge < -0.3 is 10.2 Å². The zero-order valence-electron chi connectivity index (χ0n) is 7.76. The minimum absolute atomic E-state index is 0.0932. The summed E-state index contributed by atoms with van der Waals surface area (Å²) in [5.41, 5.74) is 0. The Morgan fingerprint density at radius 3 is 2.75 bits per heavy atom. The normalized spacial score (nSPS) is 9.08. The first-order chi connectivity index (χ1) is 5.68. The highest BCUT2D eigenvalue weighted by Gasteiger charge is 2.00. The predicted octanol–water partition coefficient (Wildman–Crippen LogP) is 0.0776. The summed E-state index contributed by atoms with van der Waals surface area (Å²) in [5.74, 6) is 2.64. The second-order valence-corrected chi connectivity index (χ2v) is 2.77. The molecule has 0 bridgehead atoms. The molecule has 12 heavy (non-hydrogen) atoms. The topological polar surface area (TPSA) is 32.3 Å². The molecule has 0 saturated carbocycles. The molecule has 0 aliphatic heterocycles. The van der Waals surface area contributed by atoms with Crippen molar-refractivity contribution in [2.24, 2.45) is 0 Å². The van der Waals surface area contributed by atoms with Gasteiger partial charge in [0.2, 0.25) is 5.91 Å². The Balaban J connectivity index is 3.21. The fourth-order valence-corrected chi connectivity index (χ4v) is 0.669. The lowest BCUT2D eigenvalue weighted by molar-refractivity contribution is -0.127. The van der Waals surface area contributed by atoms with Crippen LogP contribution in [0.4, 0.5) is 0 Å². The Hall–Kier alpha value is -1.01. The second-order valence-electron chi connectivity index (χ2n) is 2.77. The van der Waals surface area contributed by atoms with Crippen molar-refractivity contribution in [2.45, 2.75) is 12.8 Å². The van der Waals surface area contributed by atoms with Crippen LogP contribution in [0.15, 0.2) is 0 Å². The number of hydrogen-bond donors (Lipinski definition) is 1. The molecule has 0 atom stereocenters. The lowest BCUT2D eigenvalue weighted by Gasteiger charge is -2.10. The summed E-state index contributed by atoms with van der Waals surface area (Å²) in [6.45, 7) is 1.21. The van der Waals surface area contributed by atoms with Crippen molar-refractivity contribution in [3.63, 3.8) is 0 Å². The standard InChI is InChI=1S/C9H16N2O/c1-4-5-6-7-10-8-9(12)11(2)3/h1,10H,5-8H2,2-3H3. The molecular formula is C9H16N2O. The largest absolute Gasteiger partial charge is 0.348 e. The fraction of sp³-hybridized carbons (Fsp3) is 0.667. The van der Waals surface area contributed by atoms with Gasteiger partial charge in [-0.15, -0.1) is 12.3 Å². The first kappa shape index (κ1) is 11.0. The highest BCUT2D eigenvalue weighted by molar-refractivity contribution is 5.77. The van der Waals surface area contributed by atoms with Gasteiger partial charge in [-0.2, -0.15) is 0 Å². The summed E-state index contributed by atoms with van der Waals surface area (Å²) in [6, 6.07) is 0. The third-order valence-corrected chi connectivity index (χ3v) is 1.45. The lowest BCUT2D eigenvalue weighted by atomic mass is 10.3. The van der Waals surface area contributed by atoms with Crippen LogP contribution in [0.5, 0.6) is 0 Å². The van der Waals surface area contributed by atoms with Crippen molar-refractivity contribution in [3.05, 3.63) is 0 Å². The highest BCUT2D eigenvalue weighted by Crippen LogP contribution is 1.82. The zero-order chi connectivity index (χ0) is 9.40. The van der Waals surface area contributed by atoms with Gasteiger partial charge in [-0.05, 0) is 13.0 Å². The monoisotopic (exact) mass is 168 g/mol. The van der Waals surface area contributed by atoms with Crippen LogP contribution < -0.4 is 5.32 Å². The van der Waals surface area contributed by atoms with Gasteiger partial charge in [0, 0.05) is 20.5 Å². The number of carbonyl (C=O) groups is 1. The summed E-state index contributed by atoms with van der Waals surface area (Å²) >= 11 is 0. The summed E-state index contributed by atoms with van der Waals surface area (Å²) in [6.07, 6.45) is 6.76. The Bertz CT molecular complexity index is 170. The maximum absolute atomic E-state index is 11.0. The summed E-state index contributed by atoms with van der Waals surface area (Å²) < 4.78 is 0. The molecule has 0 spiro atoms. The number of carbonyl (C=O) groups excluding carboxylic acids is 1. The number of hydrogen-bond acceptors (Lipinski definition) is 2. The van der Waals surface area contributed by atoms with Crippen molar-refractivity contribution < 1.29 is 4.79 Å². The van der Waals surface area contributed by atoms with E-state index in [1.54, 1.807) is 19.0 Å². The molecule has 3 nitrogen and oxygen atoms in total. The van der Waals surface area contributed by atoms with Gasteiger partial charge in [-0.25, -0.2) is 0 Å². The first-order valence-corrected chi connectivity index (χ1v) is 4.03. The average molecular weight is 168 g/mol. The molecule has 0 saturated heterocycles. The summed E-state index contributed by atoms with van der Waals surface area (Å²) in [5, 5.41) is 3.01. The molecule has 0 radical (unpaired) electrons. The SMILES string of the molecule is C#CCCCNCC(=O)N(C)C. The molecule has 0 aromatic carbocycles. The van der Waals surface area contributed by atoms with Gasteiger partial charge in [0.1, 0.15) is 0 Å². The number of nitrogens with one attached hydrogen (secondary N) is 1.